The molecule has 0 radical (unpaired) electrons. The summed E-state index contributed by atoms with van der Waals surface area (Å²) in [6.07, 6.45) is 2.99. The molecular formula is C15H17ClFN3O2S. The van der Waals surface area contributed by atoms with E-state index in [1.54, 1.807) is 6.92 Å². The zero-order valence-corrected chi connectivity index (χ0v) is 14.1. The van der Waals surface area contributed by atoms with Gasteiger partial charge in [-0.15, -0.1) is 0 Å². The van der Waals surface area contributed by atoms with Gasteiger partial charge in [-0.1, -0.05) is 11.8 Å². The number of aromatic nitrogens is 2. The predicted octanol–water partition coefficient (Wildman–Crippen LogP) is 2.22. The fourth-order valence-electron chi connectivity index (χ4n) is 4.25. The van der Waals surface area contributed by atoms with Crippen molar-refractivity contribution in [2.75, 3.05) is 0 Å². The molecule has 1 aromatic rings. The van der Waals surface area contributed by atoms with Crippen molar-refractivity contribution in [1.82, 2.24) is 9.97 Å². The number of carbonyl (C=O) groups excluding carboxylic acids is 2. The average molecular weight is 358 g/mol. The maximum atomic E-state index is 13.9. The van der Waals surface area contributed by atoms with Gasteiger partial charge in [0.25, 0.3) is 0 Å². The molecule has 1 amide bonds. The summed E-state index contributed by atoms with van der Waals surface area (Å²) in [5, 5.41) is 0.210. The summed E-state index contributed by atoms with van der Waals surface area (Å²) in [7, 11) is 0. The first kappa shape index (κ1) is 16.6. The monoisotopic (exact) mass is 357 g/mol. The fourth-order valence-corrected chi connectivity index (χ4v) is 5.65. The summed E-state index contributed by atoms with van der Waals surface area (Å²) < 4.78 is 13.9. The number of nitrogens with zero attached hydrogens (tertiary/aromatic N) is 2. The summed E-state index contributed by atoms with van der Waals surface area (Å²) in [5.74, 6) is -0.953. The Morgan fingerprint density at radius 1 is 1.48 bits per heavy atom. The molecule has 1 heterocycles. The van der Waals surface area contributed by atoms with Crippen molar-refractivity contribution in [1.29, 1.82) is 0 Å². The predicted molar refractivity (Wildman–Crippen MR) is 85.2 cm³/mol. The molecule has 0 aromatic carbocycles. The lowest BCUT2D eigenvalue weighted by Crippen LogP contribution is -2.39. The van der Waals surface area contributed by atoms with E-state index in [9.17, 15) is 14.0 Å². The fraction of sp³-hybridized carbons (Fsp3) is 0.600. The molecular weight excluding hydrogens is 341 g/mol. The SMILES string of the molecule is CC(=O)S[C@@H]1C[C@H]2C[C@H]1[C@@H](Cc1nc(Cl)ncc1F)[C@H]2C(N)=O. The van der Waals surface area contributed by atoms with Crippen LogP contribution in [-0.2, 0) is 16.0 Å². The molecule has 124 valence electrons. The second-order valence-corrected chi connectivity index (χ2v) is 8.03. The number of amides is 1. The Labute approximate surface area is 142 Å². The first-order chi connectivity index (χ1) is 10.9. The van der Waals surface area contributed by atoms with Crippen molar-refractivity contribution >= 4 is 34.4 Å². The van der Waals surface area contributed by atoms with Crippen LogP contribution in [0.2, 0.25) is 5.28 Å². The Morgan fingerprint density at radius 2 is 2.22 bits per heavy atom. The highest BCUT2D eigenvalue weighted by Crippen LogP contribution is 2.56. The second kappa shape index (κ2) is 6.36. The van der Waals surface area contributed by atoms with E-state index in [0.29, 0.717) is 0 Å². The average Bonchev–Trinajstić information content (AvgIpc) is 2.99. The van der Waals surface area contributed by atoms with Crippen LogP contribution in [0.5, 0.6) is 0 Å². The van der Waals surface area contributed by atoms with Crippen LogP contribution in [0, 0.1) is 29.5 Å². The van der Waals surface area contributed by atoms with E-state index in [1.807, 2.05) is 0 Å². The van der Waals surface area contributed by atoms with Crippen LogP contribution in [0.25, 0.3) is 0 Å². The van der Waals surface area contributed by atoms with E-state index in [2.05, 4.69) is 9.97 Å². The van der Waals surface area contributed by atoms with Gasteiger partial charge in [-0.25, -0.2) is 14.4 Å². The van der Waals surface area contributed by atoms with Gasteiger partial charge < -0.3 is 5.73 Å². The number of hydrogen-bond donors (Lipinski definition) is 1. The molecule has 2 N–H and O–H groups in total. The molecule has 0 saturated heterocycles. The largest absolute Gasteiger partial charge is 0.369 e. The van der Waals surface area contributed by atoms with Crippen molar-refractivity contribution in [2.45, 2.75) is 31.4 Å². The maximum Gasteiger partial charge on any atom is 0.222 e. The summed E-state index contributed by atoms with van der Waals surface area (Å²) in [5.41, 5.74) is 5.79. The number of rotatable bonds is 4. The minimum absolute atomic E-state index is 0.0187. The highest BCUT2D eigenvalue weighted by atomic mass is 35.5. The highest BCUT2D eigenvalue weighted by molar-refractivity contribution is 8.14. The van der Waals surface area contributed by atoms with E-state index in [-0.39, 0.29) is 57.3 Å². The van der Waals surface area contributed by atoms with Gasteiger partial charge in [-0.05, 0) is 48.6 Å². The van der Waals surface area contributed by atoms with Crippen molar-refractivity contribution in [3.63, 3.8) is 0 Å². The third kappa shape index (κ3) is 3.21. The van der Waals surface area contributed by atoms with Gasteiger partial charge in [-0.3, -0.25) is 9.59 Å². The van der Waals surface area contributed by atoms with E-state index in [4.69, 9.17) is 17.3 Å². The zero-order chi connectivity index (χ0) is 16.7. The Hall–Kier alpha value is -1.21. The standard InChI is InChI=1S/C15H17ClFN3O2S/c1-6(21)23-12-3-7-2-8(12)9(13(7)14(18)22)4-11-10(17)5-19-15(16)20-11/h5,7-9,12-13H,2-4H2,1H3,(H2,18,22)/t7-,8+,9-,12-,13+/m1/s1. The molecule has 2 aliphatic carbocycles. The maximum absolute atomic E-state index is 13.9. The van der Waals surface area contributed by atoms with Crippen LogP contribution in [-0.4, -0.2) is 26.2 Å². The van der Waals surface area contributed by atoms with Crippen LogP contribution in [0.4, 0.5) is 4.39 Å². The van der Waals surface area contributed by atoms with Crippen molar-refractivity contribution < 1.29 is 14.0 Å². The van der Waals surface area contributed by atoms with Gasteiger partial charge in [-0.2, -0.15) is 0 Å². The Kier molecular flexibility index (Phi) is 4.60. The van der Waals surface area contributed by atoms with Gasteiger partial charge in [0.15, 0.2) is 10.9 Å². The van der Waals surface area contributed by atoms with Crippen molar-refractivity contribution in [2.24, 2.45) is 29.4 Å². The first-order valence-corrected chi connectivity index (χ1v) is 8.76. The second-order valence-electron chi connectivity index (χ2n) is 6.27. The Bertz CT molecular complexity index is 660. The molecule has 23 heavy (non-hydrogen) atoms. The number of hydrogen-bond acceptors (Lipinski definition) is 5. The molecule has 0 spiro atoms. The lowest BCUT2D eigenvalue weighted by atomic mass is 9.76. The number of nitrogens with two attached hydrogens (primary N) is 1. The van der Waals surface area contributed by atoms with E-state index in [0.717, 1.165) is 19.0 Å². The summed E-state index contributed by atoms with van der Waals surface area (Å²) in [4.78, 5) is 30.9. The van der Waals surface area contributed by atoms with Gasteiger partial charge in [0.1, 0.15) is 0 Å². The van der Waals surface area contributed by atoms with E-state index >= 15 is 0 Å². The number of carbonyl (C=O) groups is 2. The molecule has 3 rings (SSSR count). The van der Waals surface area contributed by atoms with Crippen LogP contribution < -0.4 is 5.73 Å². The van der Waals surface area contributed by atoms with Gasteiger partial charge in [0, 0.05) is 18.1 Å². The minimum Gasteiger partial charge on any atom is -0.369 e. The van der Waals surface area contributed by atoms with E-state index < -0.39 is 5.82 Å². The molecule has 8 heteroatoms. The molecule has 0 aliphatic heterocycles. The van der Waals surface area contributed by atoms with Gasteiger partial charge >= 0.3 is 0 Å². The normalized spacial score (nSPS) is 32.2. The highest BCUT2D eigenvalue weighted by Gasteiger charge is 2.55. The number of halogens is 2. The molecule has 1 aromatic heterocycles. The van der Waals surface area contributed by atoms with Crippen molar-refractivity contribution in [3.8, 4) is 0 Å². The summed E-state index contributed by atoms with van der Waals surface area (Å²) >= 11 is 7.07. The van der Waals surface area contributed by atoms with Crippen LogP contribution >= 0.6 is 23.4 Å². The first-order valence-electron chi connectivity index (χ1n) is 7.50. The zero-order valence-electron chi connectivity index (χ0n) is 12.5. The smallest absolute Gasteiger partial charge is 0.222 e. The quantitative estimate of drug-likeness (QED) is 0.835. The molecule has 2 aliphatic rings. The summed E-state index contributed by atoms with van der Waals surface area (Å²) in [6, 6.07) is 0. The lowest BCUT2D eigenvalue weighted by molar-refractivity contribution is -0.125. The molecule has 5 nitrogen and oxygen atoms in total. The third-order valence-electron chi connectivity index (χ3n) is 4.97. The lowest BCUT2D eigenvalue weighted by Gasteiger charge is -2.33. The van der Waals surface area contributed by atoms with Crippen molar-refractivity contribution in [3.05, 3.63) is 23.0 Å². The molecule has 0 unspecified atom stereocenters. The number of fused-ring (bicyclic) bond motifs is 2. The molecule has 2 bridgehead atoms. The minimum atomic E-state index is -0.531. The molecule has 5 atom stereocenters. The number of thioether (sulfide) groups is 1. The third-order valence-corrected chi connectivity index (χ3v) is 6.33. The Balaban J connectivity index is 1.86. The number of primary amides is 1. The Morgan fingerprint density at radius 3 is 2.87 bits per heavy atom. The van der Waals surface area contributed by atoms with Gasteiger partial charge in [0.2, 0.25) is 11.2 Å². The van der Waals surface area contributed by atoms with Crippen LogP contribution in [0.1, 0.15) is 25.5 Å². The van der Waals surface area contributed by atoms with Crippen LogP contribution in [0.15, 0.2) is 6.20 Å². The van der Waals surface area contributed by atoms with Gasteiger partial charge in [0.05, 0.1) is 11.9 Å². The van der Waals surface area contributed by atoms with E-state index in [1.165, 1.54) is 11.8 Å². The topological polar surface area (TPSA) is 85.9 Å². The summed E-state index contributed by atoms with van der Waals surface area (Å²) in [6.45, 7) is 1.54. The van der Waals surface area contributed by atoms with Crippen LogP contribution in [0.3, 0.4) is 0 Å². The molecule has 2 saturated carbocycles. The molecule has 2 fully saturated rings.